The minimum absolute atomic E-state index is 0.497. The maximum atomic E-state index is 11.3. The van der Waals surface area contributed by atoms with E-state index in [1.54, 1.807) is 0 Å². The van der Waals surface area contributed by atoms with Crippen molar-refractivity contribution in [2.75, 3.05) is 6.54 Å². The fourth-order valence-electron chi connectivity index (χ4n) is 1.08. The fraction of sp³-hybridized carbons (Fsp3) is 0.800. The first-order valence-corrected chi connectivity index (χ1v) is 5.21. The molecule has 1 amide bonds. The number of amides is 1. The number of nitrogens with one attached hydrogen (secondary N) is 1. The average molecular weight is 200 g/mol. The van der Waals surface area contributed by atoms with E-state index in [4.69, 9.17) is 5.73 Å². The minimum Gasteiger partial charge on any atom is -0.349 e. The highest BCUT2D eigenvalue weighted by atomic mass is 16.2. The van der Waals surface area contributed by atoms with Gasteiger partial charge in [-0.1, -0.05) is 26.7 Å². The predicted octanol–water partition coefficient (Wildman–Crippen LogP) is 0.599. The molecule has 82 valence electrons. The molecule has 0 bridgehead atoms. The summed E-state index contributed by atoms with van der Waals surface area (Å²) in [7, 11) is 0. The van der Waals surface area contributed by atoms with Crippen LogP contribution >= 0.6 is 0 Å². The van der Waals surface area contributed by atoms with Crippen molar-refractivity contribution in [3.05, 3.63) is 0 Å². The van der Waals surface area contributed by atoms with Crippen molar-refractivity contribution < 1.29 is 9.59 Å². The molecule has 0 aromatic rings. The van der Waals surface area contributed by atoms with E-state index in [2.05, 4.69) is 5.32 Å². The summed E-state index contributed by atoms with van der Waals surface area (Å²) in [5.74, 6) is -1.04. The number of hydrogen-bond acceptors (Lipinski definition) is 3. The van der Waals surface area contributed by atoms with Crippen LogP contribution < -0.4 is 11.1 Å². The summed E-state index contributed by atoms with van der Waals surface area (Å²) in [5.41, 5.74) is 5.52. The molecule has 14 heavy (non-hydrogen) atoms. The van der Waals surface area contributed by atoms with Crippen LogP contribution in [0, 0.1) is 0 Å². The third kappa shape index (κ3) is 4.97. The van der Waals surface area contributed by atoms with Gasteiger partial charge in [0.25, 0.3) is 5.91 Å². The highest BCUT2D eigenvalue weighted by molar-refractivity contribution is 6.38. The standard InChI is InChI=1S/C10H20N2O2/c1-3-5-7-12-10(14)9(13)8(11)6-4-2/h8H,3-7,11H2,1-2H3,(H,12,14). The van der Waals surface area contributed by atoms with E-state index in [1.807, 2.05) is 13.8 Å². The third-order valence-electron chi connectivity index (χ3n) is 1.98. The van der Waals surface area contributed by atoms with Gasteiger partial charge in [-0.25, -0.2) is 0 Å². The number of carbonyl (C=O) groups is 2. The van der Waals surface area contributed by atoms with Gasteiger partial charge in [-0.3, -0.25) is 9.59 Å². The maximum absolute atomic E-state index is 11.3. The van der Waals surface area contributed by atoms with E-state index < -0.39 is 17.7 Å². The van der Waals surface area contributed by atoms with E-state index in [0.29, 0.717) is 13.0 Å². The highest BCUT2D eigenvalue weighted by Gasteiger charge is 2.19. The van der Waals surface area contributed by atoms with Crippen molar-refractivity contribution in [1.29, 1.82) is 0 Å². The van der Waals surface area contributed by atoms with Crippen molar-refractivity contribution >= 4 is 11.7 Å². The summed E-state index contributed by atoms with van der Waals surface area (Å²) in [5, 5.41) is 2.55. The Morgan fingerprint density at radius 3 is 2.43 bits per heavy atom. The van der Waals surface area contributed by atoms with Crippen molar-refractivity contribution in [3.63, 3.8) is 0 Å². The molecule has 1 atom stereocenters. The summed E-state index contributed by atoms with van der Waals surface area (Å²) in [6.07, 6.45) is 3.27. The van der Waals surface area contributed by atoms with Gasteiger partial charge in [-0.2, -0.15) is 0 Å². The van der Waals surface area contributed by atoms with Crippen LogP contribution in [0.3, 0.4) is 0 Å². The smallest absolute Gasteiger partial charge is 0.289 e. The molecular formula is C10H20N2O2. The van der Waals surface area contributed by atoms with Crippen LogP contribution in [-0.4, -0.2) is 24.3 Å². The Hall–Kier alpha value is -0.900. The molecule has 0 radical (unpaired) electrons. The minimum atomic E-state index is -0.637. The van der Waals surface area contributed by atoms with Gasteiger partial charge in [0.15, 0.2) is 0 Å². The summed E-state index contributed by atoms with van der Waals surface area (Å²) in [6.45, 7) is 4.51. The third-order valence-corrected chi connectivity index (χ3v) is 1.98. The number of carbonyl (C=O) groups excluding carboxylic acids is 2. The zero-order valence-electron chi connectivity index (χ0n) is 9.01. The number of hydrogen-bond donors (Lipinski definition) is 2. The highest BCUT2D eigenvalue weighted by Crippen LogP contribution is 1.95. The van der Waals surface area contributed by atoms with Crippen molar-refractivity contribution in [1.82, 2.24) is 5.32 Å². The van der Waals surface area contributed by atoms with Gasteiger partial charge < -0.3 is 11.1 Å². The Kier molecular flexibility index (Phi) is 7.02. The van der Waals surface area contributed by atoms with E-state index in [-0.39, 0.29) is 0 Å². The molecule has 0 saturated heterocycles. The Morgan fingerprint density at radius 1 is 1.29 bits per heavy atom. The molecule has 0 fully saturated rings. The van der Waals surface area contributed by atoms with E-state index in [1.165, 1.54) is 0 Å². The second-order valence-electron chi connectivity index (χ2n) is 3.37. The lowest BCUT2D eigenvalue weighted by Gasteiger charge is -2.08. The Balaban J connectivity index is 3.81. The molecule has 4 heteroatoms. The Bertz CT molecular complexity index is 193. The first-order valence-electron chi connectivity index (χ1n) is 5.21. The lowest BCUT2D eigenvalue weighted by Crippen LogP contribution is -2.42. The number of unbranched alkanes of at least 4 members (excludes halogenated alkanes) is 1. The van der Waals surface area contributed by atoms with Crippen LogP contribution in [0.1, 0.15) is 39.5 Å². The lowest BCUT2D eigenvalue weighted by atomic mass is 10.1. The van der Waals surface area contributed by atoms with E-state index >= 15 is 0 Å². The summed E-state index contributed by atoms with van der Waals surface area (Å²) < 4.78 is 0. The topological polar surface area (TPSA) is 72.2 Å². The van der Waals surface area contributed by atoms with Gasteiger partial charge in [0.05, 0.1) is 6.04 Å². The largest absolute Gasteiger partial charge is 0.349 e. The van der Waals surface area contributed by atoms with Crippen molar-refractivity contribution in [2.24, 2.45) is 5.73 Å². The quantitative estimate of drug-likeness (QED) is 0.467. The van der Waals surface area contributed by atoms with Crippen molar-refractivity contribution in [2.45, 2.75) is 45.6 Å². The Morgan fingerprint density at radius 2 is 1.93 bits per heavy atom. The van der Waals surface area contributed by atoms with E-state index in [0.717, 1.165) is 19.3 Å². The van der Waals surface area contributed by atoms with Gasteiger partial charge in [-0.05, 0) is 12.8 Å². The van der Waals surface area contributed by atoms with Crippen LogP contribution in [-0.2, 0) is 9.59 Å². The van der Waals surface area contributed by atoms with Crippen LogP contribution in [0.25, 0.3) is 0 Å². The monoisotopic (exact) mass is 200 g/mol. The lowest BCUT2D eigenvalue weighted by molar-refractivity contribution is -0.138. The molecule has 0 spiro atoms. The molecule has 0 aliphatic heterocycles. The molecule has 0 aromatic carbocycles. The molecule has 3 N–H and O–H groups in total. The maximum Gasteiger partial charge on any atom is 0.289 e. The molecule has 0 aliphatic rings. The first kappa shape index (κ1) is 13.1. The zero-order valence-corrected chi connectivity index (χ0v) is 9.01. The summed E-state index contributed by atoms with van der Waals surface area (Å²) >= 11 is 0. The summed E-state index contributed by atoms with van der Waals surface area (Å²) in [4.78, 5) is 22.5. The number of rotatable bonds is 7. The second kappa shape index (κ2) is 7.50. The number of Topliss-reactive ketones (excluding diaryl/α,β-unsaturated/α-hetero) is 1. The molecule has 1 unspecified atom stereocenters. The molecule has 4 nitrogen and oxygen atoms in total. The molecule has 0 aliphatic carbocycles. The van der Waals surface area contributed by atoms with Gasteiger partial charge in [0.2, 0.25) is 5.78 Å². The first-order chi connectivity index (χ1) is 6.63. The second-order valence-corrected chi connectivity index (χ2v) is 3.37. The molecular weight excluding hydrogens is 180 g/mol. The average Bonchev–Trinajstić information content (AvgIpc) is 2.17. The van der Waals surface area contributed by atoms with Crippen LogP contribution in [0.2, 0.25) is 0 Å². The molecule has 0 aromatic heterocycles. The van der Waals surface area contributed by atoms with Crippen molar-refractivity contribution in [3.8, 4) is 0 Å². The number of ketones is 1. The SMILES string of the molecule is CCCCNC(=O)C(=O)C(N)CCC. The van der Waals surface area contributed by atoms with E-state index in [9.17, 15) is 9.59 Å². The van der Waals surface area contributed by atoms with Gasteiger partial charge in [-0.15, -0.1) is 0 Å². The normalized spacial score (nSPS) is 12.2. The van der Waals surface area contributed by atoms with Crippen LogP contribution in [0.15, 0.2) is 0 Å². The zero-order chi connectivity index (χ0) is 11.0. The predicted molar refractivity (Wildman–Crippen MR) is 55.8 cm³/mol. The summed E-state index contributed by atoms with van der Waals surface area (Å²) in [6, 6.07) is -0.637. The van der Waals surface area contributed by atoms with Gasteiger partial charge >= 0.3 is 0 Å². The molecule has 0 heterocycles. The van der Waals surface area contributed by atoms with Gasteiger partial charge in [0.1, 0.15) is 0 Å². The van der Waals surface area contributed by atoms with Gasteiger partial charge in [0, 0.05) is 6.54 Å². The fourth-order valence-corrected chi connectivity index (χ4v) is 1.08. The Labute approximate surface area is 85.2 Å². The van der Waals surface area contributed by atoms with Crippen LogP contribution in [0.5, 0.6) is 0 Å². The molecule has 0 saturated carbocycles. The number of nitrogens with two attached hydrogens (primary N) is 1. The van der Waals surface area contributed by atoms with Crippen LogP contribution in [0.4, 0.5) is 0 Å². The molecule has 0 rings (SSSR count).